The van der Waals surface area contributed by atoms with Gasteiger partial charge in [-0.25, -0.2) is 0 Å². The molecule has 2 heterocycles. The molecule has 0 spiro atoms. The lowest BCUT2D eigenvalue weighted by molar-refractivity contribution is 0.102. The van der Waals surface area contributed by atoms with Crippen molar-refractivity contribution < 1.29 is 4.79 Å². The number of aromatic nitrogens is 1. The van der Waals surface area contributed by atoms with Crippen molar-refractivity contribution in [2.24, 2.45) is 0 Å². The summed E-state index contributed by atoms with van der Waals surface area (Å²) in [5, 5.41) is 3.99. The van der Waals surface area contributed by atoms with Crippen LogP contribution in [0.25, 0.3) is 10.9 Å². The van der Waals surface area contributed by atoms with Gasteiger partial charge in [-0.3, -0.25) is 9.69 Å². The van der Waals surface area contributed by atoms with Gasteiger partial charge in [0, 0.05) is 49.3 Å². The Kier molecular flexibility index (Phi) is 5.80. The fraction of sp³-hybridized carbons (Fsp3) is 0.318. The van der Waals surface area contributed by atoms with E-state index in [1.54, 1.807) is 0 Å². The molecular formula is C22H25BrN4O. The molecule has 4 rings (SSSR count). The highest BCUT2D eigenvalue weighted by atomic mass is 79.9. The summed E-state index contributed by atoms with van der Waals surface area (Å²) in [6.07, 6.45) is 0. The van der Waals surface area contributed by atoms with E-state index in [2.05, 4.69) is 55.1 Å². The number of aromatic amines is 1. The molecule has 1 amide bonds. The fourth-order valence-electron chi connectivity index (χ4n) is 3.67. The minimum Gasteiger partial charge on any atom is -0.350 e. The van der Waals surface area contributed by atoms with Crippen molar-refractivity contribution in [2.75, 3.05) is 38.0 Å². The van der Waals surface area contributed by atoms with Gasteiger partial charge in [0.2, 0.25) is 0 Å². The molecule has 0 unspecified atom stereocenters. The number of benzene rings is 2. The number of carbonyl (C=O) groups excluding carboxylic acids is 1. The summed E-state index contributed by atoms with van der Waals surface area (Å²) < 4.78 is 0.795. The number of piperazine rings is 1. The molecule has 3 aromatic rings. The summed E-state index contributed by atoms with van der Waals surface area (Å²) in [6.45, 7) is 8.82. The number of rotatable bonds is 5. The van der Waals surface area contributed by atoms with Gasteiger partial charge < -0.3 is 15.2 Å². The second-order valence-electron chi connectivity index (χ2n) is 7.22. The summed E-state index contributed by atoms with van der Waals surface area (Å²) in [4.78, 5) is 20.8. The SMILES string of the molecule is CCN1CCN(Cc2ccc(NC(=O)c3[nH]c4ccccc4c3Br)cc2)CC1. The Morgan fingerprint density at radius 3 is 2.39 bits per heavy atom. The number of H-pyrrole nitrogens is 1. The smallest absolute Gasteiger partial charge is 0.273 e. The van der Waals surface area contributed by atoms with E-state index in [4.69, 9.17) is 0 Å². The second kappa shape index (κ2) is 8.47. The Morgan fingerprint density at radius 2 is 1.71 bits per heavy atom. The van der Waals surface area contributed by atoms with Crippen LogP contribution in [0.2, 0.25) is 0 Å². The molecule has 28 heavy (non-hydrogen) atoms. The molecule has 0 bridgehead atoms. The Balaban J connectivity index is 1.39. The lowest BCUT2D eigenvalue weighted by Crippen LogP contribution is -2.45. The van der Waals surface area contributed by atoms with Gasteiger partial charge >= 0.3 is 0 Å². The Bertz CT molecular complexity index is 958. The number of fused-ring (bicyclic) bond motifs is 1. The number of amides is 1. The number of nitrogens with one attached hydrogen (secondary N) is 2. The maximum Gasteiger partial charge on any atom is 0.273 e. The van der Waals surface area contributed by atoms with Gasteiger partial charge in [-0.15, -0.1) is 0 Å². The summed E-state index contributed by atoms with van der Waals surface area (Å²) in [6, 6.07) is 16.0. The van der Waals surface area contributed by atoms with Crippen LogP contribution in [0, 0.1) is 0 Å². The van der Waals surface area contributed by atoms with Crippen molar-refractivity contribution in [2.45, 2.75) is 13.5 Å². The van der Waals surface area contributed by atoms with Crippen LogP contribution < -0.4 is 5.32 Å². The first-order valence-corrected chi connectivity index (χ1v) is 10.5. The molecule has 1 aliphatic rings. The van der Waals surface area contributed by atoms with Crippen LogP contribution in [0.15, 0.2) is 53.0 Å². The molecule has 0 aliphatic carbocycles. The van der Waals surface area contributed by atoms with Crippen LogP contribution in [0.5, 0.6) is 0 Å². The van der Waals surface area contributed by atoms with Gasteiger partial charge in [0.25, 0.3) is 5.91 Å². The van der Waals surface area contributed by atoms with E-state index in [-0.39, 0.29) is 5.91 Å². The third-order valence-corrected chi connectivity index (χ3v) is 6.22. The highest BCUT2D eigenvalue weighted by molar-refractivity contribution is 9.10. The topological polar surface area (TPSA) is 51.4 Å². The van der Waals surface area contributed by atoms with Crippen LogP contribution in [0.3, 0.4) is 0 Å². The van der Waals surface area contributed by atoms with Crippen LogP contribution >= 0.6 is 15.9 Å². The van der Waals surface area contributed by atoms with E-state index in [0.717, 1.165) is 60.3 Å². The van der Waals surface area contributed by atoms with Crippen molar-refractivity contribution in [3.05, 3.63) is 64.3 Å². The number of likely N-dealkylation sites (N-methyl/N-ethyl adjacent to an activating group) is 1. The van der Waals surface area contributed by atoms with Crippen molar-refractivity contribution >= 4 is 38.4 Å². The van der Waals surface area contributed by atoms with Crippen LogP contribution in [0.4, 0.5) is 5.69 Å². The van der Waals surface area contributed by atoms with E-state index >= 15 is 0 Å². The summed E-state index contributed by atoms with van der Waals surface area (Å²) in [5.41, 5.74) is 3.56. The van der Waals surface area contributed by atoms with E-state index in [0.29, 0.717) is 5.69 Å². The number of hydrogen-bond acceptors (Lipinski definition) is 3. The minimum atomic E-state index is -0.147. The molecule has 5 nitrogen and oxygen atoms in total. The Labute approximate surface area is 173 Å². The van der Waals surface area contributed by atoms with Gasteiger partial charge in [0.05, 0.1) is 4.47 Å². The first-order valence-electron chi connectivity index (χ1n) is 9.75. The lowest BCUT2D eigenvalue weighted by Gasteiger charge is -2.34. The highest BCUT2D eigenvalue weighted by Crippen LogP contribution is 2.28. The summed E-state index contributed by atoms with van der Waals surface area (Å²) in [5.74, 6) is -0.147. The minimum absolute atomic E-state index is 0.147. The molecule has 0 radical (unpaired) electrons. The molecule has 6 heteroatoms. The van der Waals surface area contributed by atoms with Crippen molar-refractivity contribution in [3.63, 3.8) is 0 Å². The number of hydrogen-bond donors (Lipinski definition) is 2. The number of anilines is 1. The number of nitrogens with zero attached hydrogens (tertiary/aromatic N) is 2. The Morgan fingerprint density at radius 1 is 1.04 bits per heavy atom. The largest absolute Gasteiger partial charge is 0.350 e. The maximum atomic E-state index is 12.7. The molecule has 1 aliphatic heterocycles. The maximum absolute atomic E-state index is 12.7. The van der Waals surface area contributed by atoms with Crippen LogP contribution in [-0.2, 0) is 6.54 Å². The molecule has 1 saturated heterocycles. The zero-order valence-corrected chi connectivity index (χ0v) is 17.6. The average molecular weight is 441 g/mol. The average Bonchev–Trinajstić information content (AvgIpc) is 3.07. The first-order chi connectivity index (χ1) is 13.6. The van der Waals surface area contributed by atoms with Crippen LogP contribution in [-0.4, -0.2) is 53.4 Å². The molecule has 1 aromatic heterocycles. The van der Waals surface area contributed by atoms with Gasteiger partial charge in [-0.1, -0.05) is 37.3 Å². The molecule has 1 fully saturated rings. The molecule has 146 valence electrons. The van der Waals surface area contributed by atoms with Gasteiger partial charge in [0.15, 0.2) is 0 Å². The van der Waals surface area contributed by atoms with E-state index in [1.165, 1.54) is 5.56 Å². The van der Waals surface area contributed by atoms with Crippen molar-refractivity contribution in [3.8, 4) is 0 Å². The third-order valence-electron chi connectivity index (χ3n) is 5.40. The third kappa shape index (κ3) is 4.14. The molecule has 2 N–H and O–H groups in total. The van der Waals surface area contributed by atoms with E-state index in [9.17, 15) is 4.79 Å². The number of carbonyl (C=O) groups is 1. The normalized spacial score (nSPS) is 15.8. The van der Waals surface area contributed by atoms with E-state index < -0.39 is 0 Å². The summed E-state index contributed by atoms with van der Waals surface area (Å²) in [7, 11) is 0. The fourth-order valence-corrected chi connectivity index (χ4v) is 4.30. The van der Waals surface area contributed by atoms with Crippen LogP contribution in [0.1, 0.15) is 23.0 Å². The zero-order valence-electron chi connectivity index (χ0n) is 16.0. The Hall–Kier alpha value is -2.15. The molecule has 2 aromatic carbocycles. The second-order valence-corrected chi connectivity index (χ2v) is 8.01. The van der Waals surface area contributed by atoms with E-state index in [1.807, 2.05) is 36.4 Å². The summed E-state index contributed by atoms with van der Waals surface area (Å²) >= 11 is 3.54. The van der Waals surface area contributed by atoms with Gasteiger partial charge in [-0.2, -0.15) is 0 Å². The van der Waals surface area contributed by atoms with Crippen molar-refractivity contribution in [1.82, 2.24) is 14.8 Å². The molecular weight excluding hydrogens is 416 g/mol. The first kappa shape index (κ1) is 19.2. The predicted octanol–water partition coefficient (Wildman–Crippen LogP) is 4.32. The monoisotopic (exact) mass is 440 g/mol. The molecule has 0 saturated carbocycles. The highest BCUT2D eigenvalue weighted by Gasteiger charge is 2.17. The number of para-hydroxylation sites is 1. The van der Waals surface area contributed by atoms with Gasteiger partial charge in [-0.05, 0) is 46.2 Å². The molecule has 0 atom stereocenters. The number of halogens is 1. The van der Waals surface area contributed by atoms with Gasteiger partial charge in [0.1, 0.15) is 5.69 Å². The quantitative estimate of drug-likeness (QED) is 0.620. The predicted molar refractivity (Wildman–Crippen MR) is 118 cm³/mol. The standard InChI is InChI=1S/C22H25BrN4O/c1-2-26-11-13-27(14-12-26)15-16-7-9-17(10-8-16)24-22(28)21-20(23)18-5-3-4-6-19(18)25-21/h3-10,25H,2,11-15H2,1H3,(H,24,28). The zero-order chi connectivity index (χ0) is 19.5. The van der Waals surface area contributed by atoms with Crippen molar-refractivity contribution in [1.29, 1.82) is 0 Å². The lowest BCUT2D eigenvalue weighted by atomic mass is 10.1.